The molecule has 0 radical (unpaired) electrons. The first-order valence-corrected chi connectivity index (χ1v) is 24.2. The molecular formula is C60H63N5O4. The third kappa shape index (κ3) is 9.78. The fraction of sp³-hybridized carbons (Fsp3) is 0.250. The van der Waals surface area contributed by atoms with E-state index in [1.54, 1.807) is 10.8 Å². The Morgan fingerprint density at radius 1 is 0.710 bits per heavy atom. The summed E-state index contributed by atoms with van der Waals surface area (Å²) in [7, 11) is 0. The van der Waals surface area contributed by atoms with E-state index >= 15 is 4.79 Å². The van der Waals surface area contributed by atoms with Gasteiger partial charge in [0.25, 0.3) is 5.56 Å². The molecule has 0 aliphatic rings. The SMILES string of the molecule is CCCCn1c(=O)c(N(C(N)=O)c2ccc(C(c3ccccc3)(c3ccccc3)c3c(C(C)C)cccc3C(C)C)cc2N)c(-c2cccc(OCCCOCc3ccccc3)c2)c2cccnc21. The number of amides is 2. The first-order valence-electron chi connectivity index (χ1n) is 24.2. The van der Waals surface area contributed by atoms with Crippen LogP contribution in [0.1, 0.15) is 105 Å². The molecule has 0 aliphatic heterocycles. The number of carbonyl (C=O) groups excluding carboxylic acids is 1. The number of pyridine rings is 2. The third-order valence-corrected chi connectivity index (χ3v) is 13.0. The standard InChI is InChI=1S/C60H63N5O4/c1-6-7-35-64-57-51(31-19-34-63-57)54(44-23-17-28-48(38-44)69-37-20-36-68-40-43-21-11-8-12-22-43)56(58(64)66)65(59(62)67)53-33-32-47(39-52(53)61)60(45-24-13-9-14-25-45,46-26-15-10-16-27-46)55-49(41(2)3)29-18-30-50(55)42(4)5/h8-19,21-34,38-39,41-42H,6-7,20,35-37,40,61H2,1-5H3,(H2,62,67). The molecule has 4 N–H and O–H groups in total. The highest BCUT2D eigenvalue weighted by molar-refractivity contribution is 6.09. The second-order valence-corrected chi connectivity index (χ2v) is 18.2. The lowest BCUT2D eigenvalue weighted by molar-refractivity contribution is 0.107. The van der Waals surface area contributed by atoms with Crippen molar-refractivity contribution in [2.45, 2.75) is 84.3 Å². The predicted octanol–water partition coefficient (Wildman–Crippen LogP) is 13.3. The number of aromatic nitrogens is 2. The van der Waals surface area contributed by atoms with E-state index in [2.05, 4.69) is 101 Å². The van der Waals surface area contributed by atoms with Gasteiger partial charge in [-0.1, -0.05) is 168 Å². The Labute approximate surface area is 406 Å². The van der Waals surface area contributed by atoms with Crippen molar-refractivity contribution in [2.75, 3.05) is 23.8 Å². The lowest BCUT2D eigenvalue weighted by atomic mass is 9.61. The highest BCUT2D eigenvalue weighted by Crippen LogP contribution is 2.51. The van der Waals surface area contributed by atoms with Gasteiger partial charge in [-0.05, 0) is 99.2 Å². The summed E-state index contributed by atoms with van der Waals surface area (Å²) in [5.74, 6) is 0.973. The number of benzene rings is 6. The molecule has 0 saturated carbocycles. The molecule has 6 aromatic carbocycles. The molecule has 2 amide bonds. The number of fused-ring (bicyclic) bond motifs is 1. The van der Waals surface area contributed by atoms with Gasteiger partial charge in [-0.3, -0.25) is 14.3 Å². The van der Waals surface area contributed by atoms with Gasteiger partial charge < -0.3 is 20.9 Å². The highest BCUT2D eigenvalue weighted by atomic mass is 16.5. The number of ether oxygens (including phenoxy) is 2. The van der Waals surface area contributed by atoms with Crippen LogP contribution in [0.2, 0.25) is 0 Å². The van der Waals surface area contributed by atoms with Crippen LogP contribution >= 0.6 is 0 Å². The minimum Gasteiger partial charge on any atom is -0.493 e. The molecule has 8 aromatic rings. The smallest absolute Gasteiger partial charge is 0.324 e. The first kappa shape index (κ1) is 48.0. The van der Waals surface area contributed by atoms with E-state index in [-0.39, 0.29) is 28.9 Å². The molecule has 0 bridgehead atoms. The Bertz CT molecular complexity index is 3010. The number of nitrogens with zero attached hydrogens (tertiary/aromatic N) is 3. The van der Waals surface area contributed by atoms with Gasteiger partial charge in [-0.15, -0.1) is 0 Å². The number of nitrogens with two attached hydrogens (primary N) is 2. The van der Waals surface area contributed by atoms with Crippen molar-refractivity contribution in [1.82, 2.24) is 9.55 Å². The van der Waals surface area contributed by atoms with Crippen LogP contribution in [-0.4, -0.2) is 28.8 Å². The van der Waals surface area contributed by atoms with E-state index < -0.39 is 17.0 Å². The van der Waals surface area contributed by atoms with Crippen molar-refractivity contribution in [2.24, 2.45) is 5.73 Å². The molecule has 8 rings (SSSR count). The van der Waals surface area contributed by atoms with Gasteiger partial charge in [-0.25, -0.2) is 9.78 Å². The molecular weight excluding hydrogens is 855 g/mol. The maximum absolute atomic E-state index is 15.3. The number of carbonyl (C=O) groups is 1. The van der Waals surface area contributed by atoms with Crippen molar-refractivity contribution < 1.29 is 14.3 Å². The minimum atomic E-state index is -0.856. The van der Waals surface area contributed by atoms with Gasteiger partial charge in [-0.2, -0.15) is 0 Å². The second-order valence-electron chi connectivity index (χ2n) is 18.2. The van der Waals surface area contributed by atoms with E-state index in [0.29, 0.717) is 67.1 Å². The molecule has 9 nitrogen and oxygen atoms in total. The van der Waals surface area contributed by atoms with Crippen LogP contribution in [0.3, 0.4) is 0 Å². The summed E-state index contributed by atoms with van der Waals surface area (Å²) in [6.45, 7) is 12.9. The Hall–Kier alpha value is -7.49. The summed E-state index contributed by atoms with van der Waals surface area (Å²) in [4.78, 5) is 35.7. The number of rotatable bonds is 19. The van der Waals surface area contributed by atoms with E-state index in [0.717, 1.165) is 28.7 Å². The molecule has 69 heavy (non-hydrogen) atoms. The maximum atomic E-state index is 15.3. The summed E-state index contributed by atoms with van der Waals surface area (Å²) in [5, 5.41) is 0.676. The molecule has 2 heterocycles. The van der Waals surface area contributed by atoms with Crippen molar-refractivity contribution in [3.8, 4) is 16.9 Å². The zero-order valence-electron chi connectivity index (χ0n) is 40.4. The van der Waals surface area contributed by atoms with Crippen molar-refractivity contribution >= 4 is 34.1 Å². The fourth-order valence-electron chi connectivity index (χ4n) is 9.78. The lowest BCUT2D eigenvalue weighted by Crippen LogP contribution is -2.38. The van der Waals surface area contributed by atoms with Gasteiger partial charge >= 0.3 is 6.03 Å². The molecule has 2 aromatic heterocycles. The molecule has 352 valence electrons. The van der Waals surface area contributed by atoms with E-state index in [1.807, 2.05) is 97.1 Å². The number of aryl methyl sites for hydroxylation is 1. The Morgan fingerprint density at radius 2 is 1.35 bits per heavy atom. The van der Waals surface area contributed by atoms with Crippen LogP contribution in [0.15, 0.2) is 175 Å². The summed E-state index contributed by atoms with van der Waals surface area (Å²) < 4.78 is 13.8. The molecule has 0 fully saturated rings. The Morgan fingerprint density at radius 3 is 1.96 bits per heavy atom. The average Bonchev–Trinajstić information content (AvgIpc) is 3.36. The zero-order valence-corrected chi connectivity index (χ0v) is 40.4. The first-order chi connectivity index (χ1) is 33.6. The van der Waals surface area contributed by atoms with Crippen LogP contribution < -0.4 is 26.7 Å². The normalized spacial score (nSPS) is 11.6. The van der Waals surface area contributed by atoms with Gasteiger partial charge in [0.1, 0.15) is 17.1 Å². The van der Waals surface area contributed by atoms with E-state index in [1.165, 1.54) is 21.6 Å². The molecule has 0 saturated heterocycles. The number of hydrogen-bond acceptors (Lipinski definition) is 6. The molecule has 0 unspecified atom stereocenters. The zero-order chi connectivity index (χ0) is 48.5. The van der Waals surface area contributed by atoms with Gasteiger partial charge in [0, 0.05) is 30.1 Å². The van der Waals surface area contributed by atoms with Crippen molar-refractivity contribution in [3.63, 3.8) is 0 Å². The molecule has 9 heteroatoms. The van der Waals surface area contributed by atoms with Crippen LogP contribution in [-0.2, 0) is 23.3 Å². The van der Waals surface area contributed by atoms with Crippen LogP contribution in [0.25, 0.3) is 22.2 Å². The van der Waals surface area contributed by atoms with E-state index in [9.17, 15) is 4.79 Å². The summed E-state index contributed by atoms with van der Waals surface area (Å²) in [5.41, 5.74) is 22.6. The molecule has 0 aliphatic carbocycles. The number of anilines is 3. The largest absolute Gasteiger partial charge is 0.493 e. The lowest BCUT2D eigenvalue weighted by Gasteiger charge is -2.41. The number of unbranched alkanes of at least 4 members (excludes halogenated alkanes) is 1. The quantitative estimate of drug-likeness (QED) is 0.0473. The number of nitrogen functional groups attached to an aromatic ring is 1. The van der Waals surface area contributed by atoms with Gasteiger partial charge in [0.2, 0.25) is 0 Å². The fourth-order valence-corrected chi connectivity index (χ4v) is 9.78. The van der Waals surface area contributed by atoms with Crippen LogP contribution in [0.5, 0.6) is 5.75 Å². The van der Waals surface area contributed by atoms with E-state index in [4.69, 9.17) is 25.9 Å². The number of urea groups is 1. The Kier molecular flexibility index (Phi) is 15.0. The van der Waals surface area contributed by atoms with Crippen molar-refractivity contribution in [1.29, 1.82) is 0 Å². The maximum Gasteiger partial charge on any atom is 0.324 e. The number of primary amides is 1. The monoisotopic (exact) mass is 917 g/mol. The molecule has 0 spiro atoms. The second kappa shape index (κ2) is 21.6. The van der Waals surface area contributed by atoms with Gasteiger partial charge in [0.15, 0.2) is 0 Å². The summed E-state index contributed by atoms with van der Waals surface area (Å²) in [6.07, 6.45) is 3.91. The topological polar surface area (TPSA) is 126 Å². The van der Waals surface area contributed by atoms with Gasteiger partial charge in [0.05, 0.1) is 36.6 Å². The minimum absolute atomic E-state index is 0.0784. The van der Waals surface area contributed by atoms with Crippen LogP contribution in [0.4, 0.5) is 21.9 Å². The van der Waals surface area contributed by atoms with Crippen LogP contribution in [0, 0.1) is 0 Å². The summed E-state index contributed by atoms with van der Waals surface area (Å²) in [6, 6.07) is 54.1. The third-order valence-electron chi connectivity index (χ3n) is 13.0. The summed E-state index contributed by atoms with van der Waals surface area (Å²) >= 11 is 0. The Balaban J connectivity index is 1.30. The predicted molar refractivity (Wildman–Crippen MR) is 282 cm³/mol. The number of hydrogen-bond donors (Lipinski definition) is 2. The molecule has 0 atom stereocenters. The van der Waals surface area contributed by atoms with Crippen molar-refractivity contribution in [3.05, 3.63) is 219 Å². The highest BCUT2D eigenvalue weighted by Gasteiger charge is 2.43. The average molecular weight is 918 g/mol.